The standard InChI is InChI=1S/C35H33N3O4/c1-3-9-26-14-19-28(20-15-26)35(40)36-25(2)24-33(31-12-7-8-13-32(31)36)37(29-10-5-4-6-11-29)34(39)23-18-27-16-21-30(22-17-27)38(41)42/h4-8,10-23,25,33H,3,9,24H2,1-2H3. The first-order valence-corrected chi connectivity index (χ1v) is 14.2. The SMILES string of the molecule is CCCc1ccc(C(=O)N2c3ccccc3C(N(C(=O)C=Cc3ccc([N+](=O)[O-])cc3)c3ccccc3)CC2C)cc1. The van der Waals surface area contributed by atoms with Crippen LogP contribution in [-0.4, -0.2) is 22.8 Å². The molecule has 0 N–H and O–H groups in total. The molecule has 0 saturated heterocycles. The maximum Gasteiger partial charge on any atom is 0.269 e. The number of carbonyl (C=O) groups excluding carboxylic acids is 2. The van der Waals surface area contributed by atoms with Crippen LogP contribution in [0.4, 0.5) is 17.1 Å². The molecule has 7 heteroatoms. The molecule has 212 valence electrons. The monoisotopic (exact) mass is 559 g/mol. The van der Waals surface area contributed by atoms with Gasteiger partial charge in [-0.15, -0.1) is 0 Å². The van der Waals surface area contributed by atoms with E-state index in [-0.39, 0.29) is 29.6 Å². The number of amides is 2. The minimum Gasteiger partial charge on any atom is -0.305 e. The Balaban J connectivity index is 1.49. The summed E-state index contributed by atoms with van der Waals surface area (Å²) < 4.78 is 0. The van der Waals surface area contributed by atoms with E-state index < -0.39 is 4.92 Å². The molecule has 1 aliphatic rings. The number of carbonyl (C=O) groups is 2. The van der Waals surface area contributed by atoms with Gasteiger partial charge < -0.3 is 9.80 Å². The molecule has 1 aliphatic heterocycles. The van der Waals surface area contributed by atoms with Gasteiger partial charge in [0.2, 0.25) is 0 Å². The quantitative estimate of drug-likeness (QED) is 0.125. The van der Waals surface area contributed by atoms with Crippen molar-refractivity contribution in [2.45, 2.75) is 45.2 Å². The zero-order valence-electron chi connectivity index (χ0n) is 23.7. The highest BCUT2D eigenvalue weighted by atomic mass is 16.6. The molecule has 2 unspecified atom stereocenters. The molecule has 1 heterocycles. The summed E-state index contributed by atoms with van der Waals surface area (Å²) in [6.07, 6.45) is 5.73. The summed E-state index contributed by atoms with van der Waals surface area (Å²) >= 11 is 0. The number of hydrogen-bond acceptors (Lipinski definition) is 4. The van der Waals surface area contributed by atoms with Gasteiger partial charge in [0.05, 0.1) is 11.0 Å². The molecule has 7 nitrogen and oxygen atoms in total. The van der Waals surface area contributed by atoms with Crippen molar-refractivity contribution in [3.05, 3.63) is 142 Å². The van der Waals surface area contributed by atoms with E-state index in [1.807, 2.05) is 90.7 Å². The lowest BCUT2D eigenvalue weighted by Crippen LogP contribution is -2.47. The molecule has 2 amide bonds. The number of anilines is 2. The lowest BCUT2D eigenvalue weighted by molar-refractivity contribution is -0.384. The highest BCUT2D eigenvalue weighted by Crippen LogP contribution is 2.43. The molecule has 42 heavy (non-hydrogen) atoms. The first-order chi connectivity index (χ1) is 20.4. The van der Waals surface area contributed by atoms with Crippen LogP contribution in [0.25, 0.3) is 6.08 Å². The van der Waals surface area contributed by atoms with Crippen LogP contribution in [0.1, 0.15) is 59.8 Å². The second kappa shape index (κ2) is 12.6. The molecule has 0 fully saturated rings. The van der Waals surface area contributed by atoms with Crippen LogP contribution in [0.2, 0.25) is 0 Å². The van der Waals surface area contributed by atoms with Gasteiger partial charge in [0.1, 0.15) is 0 Å². The van der Waals surface area contributed by atoms with Crippen molar-refractivity contribution >= 4 is 35.0 Å². The Morgan fingerprint density at radius 1 is 0.929 bits per heavy atom. The van der Waals surface area contributed by atoms with Crippen LogP contribution in [0.15, 0.2) is 109 Å². The number of nitro groups is 1. The third kappa shape index (κ3) is 6.00. The van der Waals surface area contributed by atoms with Gasteiger partial charge in [-0.05, 0) is 85.0 Å². The van der Waals surface area contributed by atoms with Gasteiger partial charge >= 0.3 is 0 Å². The first kappa shape index (κ1) is 28.5. The van der Waals surface area contributed by atoms with E-state index >= 15 is 0 Å². The predicted molar refractivity (Wildman–Crippen MR) is 167 cm³/mol. The Morgan fingerprint density at radius 3 is 2.26 bits per heavy atom. The van der Waals surface area contributed by atoms with E-state index in [0.29, 0.717) is 17.5 Å². The van der Waals surface area contributed by atoms with E-state index in [2.05, 4.69) is 6.92 Å². The number of benzene rings is 4. The van der Waals surface area contributed by atoms with Crippen molar-refractivity contribution < 1.29 is 14.5 Å². The summed E-state index contributed by atoms with van der Waals surface area (Å²) in [7, 11) is 0. The number of rotatable bonds is 8. The molecule has 5 rings (SSSR count). The van der Waals surface area contributed by atoms with Crippen molar-refractivity contribution in [2.24, 2.45) is 0 Å². The molecule has 0 aliphatic carbocycles. The van der Waals surface area contributed by atoms with E-state index in [1.165, 1.54) is 23.8 Å². The fourth-order valence-electron chi connectivity index (χ4n) is 5.58. The third-order valence-corrected chi connectivity index (χ3v) is 7.62. The molecule has 4 aromatic carbocycles. The molecular weight excluding hydrogens is 526 g/mol. The number of para-hydroxylation sites is 2. The van der Waals surface area contributed by atoms with Gasteiger partial charge in [0, 0.05) is 41.2 Å². The second-order valence-electron chi connectivity index (χ2n) is 10.5. The molecule has 0 bridgehead atoms. The topological polar surface area (TPSA) is 83.8 Å². The van der Waals surface area contributed by atoms with Crippen LogP contribution in [0, 0.1) is 10.1 Å². The van der Waals surface area contributed by atoms with E-state index in [9.17, 15) is 19.7 Å². The van der Waals surface area contributed by atoms with E-state index in [1.54, 1.807) is 23.1 Å². The van der Waals surface area contributed by atoms with Gasteiger partial charge in [0.25, 0.3) is 17.5 Å². The summed E-state index contributed by atoms with van der Waals surface area (Å²) in [5, 5.41) is 11.0. The lowest BCUT2D eigenvalue weighted by Gasteiger charge is -2.43. The largest absolute Gasteiger partial charge is 0.305 e. The third-order valence-electron chi connectivity index (χ3n) is 7.62. The fourth-order valence-corrected chi connectivity index (χ4v) is 5.58. The second-order valence-corrected chi connectivity index (χ2v) is 10.5. The molecular formula is C35H33N3O4. The number of non-ortho nitro benzene ring substituents is 1. The predicted octanol–water partition coefficient (Wildman–Crippen LogP) is 7.77. The Bertz CT molecular complexity index is 1600. The molecule has 0 saturated carbocycles. The van der Waals surface area contributed by atoms with Gasteiger partial charge in [-0.25, -0.2) is 0 Å². The number of nitro benzene ring substituents is 1. The average molecular weight is 560 g/mol. The van der Waals surface area contributed by atoms with Crippen LogP contribution in [-0.2, 0) is 11.2 Å². The molecule has 2 atom stereocenters. The van der Waals surface area contributed by atoms with Crippen molar-refractivity contribution in [1.29, 1.82) is 0 Å². The summed E-state index contributed by atoms with van der Waals surface area (Å²) in [5.41, 5.74) is 4.95. The summed E-state index contributed by atoms with van der Waals surface area (Å²) in [6.45, 7) is 4.16. The van der Waals surface area contributed by atoms with Crippen LogP contribution in [0.5, 0.6) is 0 Å². The molecule has 0 aromatic heterocycles. The fraction of sp³-hybridized carbons (Fsp3) is 0.200. The van der Waals surface area contributed by atoms with Crippen LogP contribution in [0.3, 0.4) is 0 Å². The number of fused-ring (bicyclic) bond motifs is 1. The minimum atomic E-state index is -0.451. The van der Waals surface area contributed by atoms with E-state index in [0.717, 1.165) is 29.8 Å². The van der Waals surface area contributed by atoms with Gasteiger partial charge in [0.15, 0.2) is 0 Å². The first-order valence-electron chi connectivity index (χ1n) is 14.2. The molecule has 0 radical (unpaired) electrons. The van der Waals surface area contributed by atoms with Gasteiger partial charge in [-0.2, -0.15) is 0 Å². The number of hydrogen-bond donors (Lipinski definition) is 0. The van der Waals surface area contributed by atoms with Gasteiger partial charge in [-0.3, -0.25) is 19.7 Å². The van der Waals surface area contributed by atoms with Gasteiger partial charge in [-0.1, -0.05) is 61.9 Å². The Hall–Kier alpha value is -5.04. The zero-order chi connectivity index (χ0) is 29.6. The van der Waals surface area contributed by atoms with Crippen molar-refractivity contribution in [3.63, 3.8) is 0 Å². The number of nitrogens with zero attached hydrogens (tertiary/aromatic N) is 3. The zero-order valence-corrected chi connectivity index (χ0v) is 23.7. The summed E-state index contributed by atoms with van der Waals surface area (Å²) in [6, 6.07) is 30.7. The number of aryl methyl sites for hydroxylation is 1. The normalized spacial score (nSPS) is 16.2. The van der Waals surface area contributed by atoms with E-state index in [4.69, 9.17) is 0 Å². The Morgan fingerprint density at radius 2 is 1.60 bits per heavy atom. The molecule has 0 spiro atoms. The maximum atomic E-state index is 13.9. The molecule has 4 aromatic rings. The summed E-state index contributed by atoms with van der Waals surface area (Å²) in [4.78, 5) is 41.9. The highest BCUT2D eigenvalue weighted by Gasteiger charge is 2.38. The van der Waals surface area contributed by atoms with Crippen molar-refractivity contribution in [3.8, 4) is 0 Å². The van der Waals surface area contributed by atoms with Crippen molar-refractivity contribution in [2.75, 3.05) is 9.80 Å². The van der Waals surface area contributed by atoms with Crippen LogP contribution >= 0.6 is 0 Å². The minimum absolute atomic E-state index is 0.00630. The van der Waals surface area contributed by atoms with Crippen molar-refractivity contribution in [1.82, 2.24) is 0 Å². The average Bonchev–Trinajstić information content (AvgIpc) is 3.01. The highest BCUT2D eigenvalue weighted by molar-refractivity contribution is 6.08. The smallest absolute Gasteiger partial charge is 0.269 e. The van der Waals surface area contributed by atoms with Crippen LogP contribution < -0.4 is 9.80 Å². The summed E-state index contributed by atoms with van der Waals surface area (Å²) in [5.74, 6) is -0.287. The maximum absolute atomic E-state index is 13.9. The lowest BCUT2D eigenvalue weighted by atomic mass is 9.89. The Labute approximate surface area is 245 Å². The Kier molecular flexibility index (Phi) is 8.58.